The van der Waals surface area contributed by atoms with Crippen molar-refractivity contribution in [2.45, 2.75) is 13.0 Å². The molecule has 0 saturated heterocycles. The number of ketones is 1. The van der Waals surface area contributed by atoms with Gasteiger partial charge in [-0.25, -0.2) is 0 Å². The van der Waals surface area contributed by atoms with Crippen LogP contribution in [0.25, 0.3) is 0 Å². The minimum absolute atomic E-state index is 0. The van der Waals surface area contributed by atoms with E-state index in [2.05, 4.69) is 0 Å². The Morgan fingerprint density at radius 1 is 1.64 bits per heavy atom. The molecule has 1 aliphatic heterocycles. The van der Waals surface area contributed by atoms with Crippen LogP contribution < -0.4 is 0 Å². The Morgan fingerprint density at radius 2 is 2.18 bits per heavy atom. The molecule has 0 amide bonds. The van der Waals surface area contributed by atoms with Gasteiger partial charge in [0.05, 0.1) is 0 Å². The number of carbonyl (C=O) groups is 1. The van der Waals surface area contributed by atoms with Gasteiger partial charge < -0.3 is 14.9 Å². The average molecular weight is 214 g/mol. The number of rotatable bonds is 0. The number of ether oxygens (including phenoxy) is 1. The fraction of sp³-hybridized carbons (Fsp3) is 0.500. The van der Waals surface area contributed by atoms with Gasteiger partial charge in [-0.2, -0.15) is 0 Å². The predicted molar refractivity (Wildman–Crippen MR) is 38.0 cm³/mol. The van der Waals surface area contributed by atoms with E-state index < -0.39 is 17.6 Å². The van der Waals surface area contributed by atoms with Crippen molar-refractivity contribution in [3.05, 3.63) is 11.5 Å². The first-order valence-electron chi connectivity index (χ1n) is 2.88. The Labute approximate surface area is 76.9 Å². The molecule has 1 atom stereocenters. The minimum atomic E-state index is -1.20. The van der Waals surface area contributed by atoms with E-state index in [0.29, 0.717) is 0 Å². The smallest absolute Gasteiger partial charge is 0.502 e. The normalized spacial score (nSPS) is 24.2. The summed E-state index contributed by atoms with van der Waals surface area (Å²) < 4.78 is 4.73. The first-order chi connectivity index (χ1) is 4.63. The summed E-state index contributed by atoms with van der Waals surface area (Å²) in [5.74, 6) is -0.960. The van der Waals surface area contributed by atoms with Crippen molar-refractivity contribution in [1.29, 1.82) is 0 Å². The molecule has 0 aromatic rings. The van der Waals surface area contributed by atoms with Gasteiger partial charge in [-0.05, 0) is 6.92 Å². The molecule has 2 N–H and O–H groups in total. The Bertz CT molecular complexity index is 199. The SMILES string of the molecule is CC1=C(O)C(=O)C(O)CO1.[Ga+3]. The fourth-order valence-corrected chi connectivity index (χ4v) is 0.679. The number of hydrogen-bond donors (Lipinski definition) is 2. The van der Waals surface area contributed by atoms with Crippen LogP contribution in [0.5, 0.6) is 0 Å². The van der Waals surface area contributed by atoms with Crippen LogP contribution in [-0.4, -0.2) is 48.5 Å². The van der Waals surface area contributed by atoms with Gasteiger partial charge in [-0.1, -0.05) is 0 Å². The Balaban J connectivity index is 0.000001000. The maximum Gasteiger partial charge on any atom is 3.00 e. The number of Topliss-reactive ketones (excluding diaryl/α,β-unsaturated/α-hetero) is 1. The largest absolute Gasteiger partial charge is 3.00 e. The summed E-state index contributed by atoms with van der Waals surface area (Å²) in [5.41, 5.74) is 0. The van der Waals surface area contributed by atoms with Crippen LogP contribution in [0.1, 0.15) is 6.92 Å². The molecule has 0 spiro atoms. The topological polar surface area (TPSA) is 66.8 Å². The van der Waals surface area contributed by atoms with Gasteiger partial charge in [0.15, 0.2) is 11.9 Å². The number of aliphatic hydroxyl groups is 2. The number of carbonyl (C=O) groups excluding carboxylic acids is 1. The molecule has 1 rings (SSSR count). The molecule has 4 nitrogen and oxygen atoms in total. The third kappa shape index (κ3) is 2.02. The van der Waals surface area contributed by atoms with Crippen molar-refractivity contribution < 1.29 is 19.7 Å². The van der Waals surface area contributed by atoms with Crippen molar-refractivity contribution in [2.24, 2.45) is 0 Å². The summed E-state index contributed by atoms with van der Waals surface area (Å²) in [6.45, 7) is 1.41. The third-order valence-electron chi connectivity index (χ3n) is 1.33. The van der Waals surface area contributed by atoms with Crippen LogP contribution in [0, 0.1) is 0 Å². The van der Waals surface area contributed by atoms with Crippen LogP contribution in [0.15, 0.2) is 11.5 Å². The van der Waals surface area contributed by atoms with Crippen molar-refractivity contribution >= 4 is 25.6 Å². The van der Waals surface area contributed by atoms with E-state index in [1.165, 1.54) is 6.92 Å². The fourth-order valence-electron chi connectivity index (χ4n) is 0.679. The van der Waals surface area contributed by atoms with E-state index in [0.717, 1.165) is 0 Å². The molecule has 56 valence electrons. The second kappa shape index (κ2) is 3.84. The predicted octanol–water partition coefficient (Wildman–Crippen LogP) is -0.645. The molecule has 1 unspecified atom stereocenters. The van der Waals surface area contributed by atoms with Crippen LogP contribution in [-0.2, 0) is 9.53 Å². The second-order valence-electron chi connectivity index (χ2n) is 2.10. The maximum atomic E-state index is 10.7. The third-order valence-corrected chi connectivity index (χ3v) is 1.33. The van der Waals surface area contributed by atoms with Crippen LogP contribution in [0.2, 0.25) is 0 Å². The zero-order valence-corrected chi connectivity index (χ0v) is 8.50. The van der Waals surface area contributed by atoms with Crippen molar-refractivity contribution in [3.8, 4) is 0 Å². The van der Waals surface area contributed by atoms with Crippen LogP contribution in [0.4, 0.5) is 0 Å². The molecule has 0 aliphatic carbocycles. The molecule has 0 fully saturated rings. The molecule has 1 aliphatic rings. The van der Waals surface area contributed by atoms with Crippen molar-refractivity contribution in [1.82, 2.24) is 0 Å². The molecule has 0 bridgehead atoms. The van der Waals surface area contributed by atoms with Gasteiger partial charge in [0.1, 0.15) is 12.4 Å². The molecular formula is C6H8GaO4+3. The summed E-state index contributed by atoms with van der Waals surface area (Å²) in [6, 6.07) is 0. The molecule has 0 aromatic carbocycles. The molecular weight excluding hydrogens is 206 g/mol. The first kappa shape index (κ1) is 10.6. The van der Waals surface area contributed by atoms with Gasteiger partial charge in [0.25, 0.3) is 0 Å². The molecule has 0 radical (unpaired) electrons. The van der Waals surface area contributed by atoms with Crippen LogP contribution >= 0.6 is 0 Å². The Morgan fingerprint density at radius 3 is 2.64 bits per heavy atom. The zero-order valence-electron chi connectivity index (χ0n) is 6.07. The van der Waals surface area contributed by atoms with E-state index in [4.69, 9.17) is 14.9 Å². The van der Waals surface area contributed by atoms with E-state index >= 15 is 0 Å². The maximum absolute atomic E-state index is 10.7. The molecule has 0 aromatic heterocycles. The quantitative estimate of drug-likeness (QED) is 0.526. The first-order valence-corrected chi connectivity index (χ1v) is 2.88. The van der Waals surface area contributed by atoms with Gasteiger partial charge >= 0.3 is 19.8 Å². The molecule has 5 heteroatoms. The van der Waals surface area contributed by atoms with Crippen molar-refractivity contribution in [2.75, 3.05) is 6.61 Å². The van der Waals surface area contributed by atoms with E-state index in [1.807, 2.05) is 0 Å². The molecule has 11 heavy (non-hydrogen) atoms. The van der Waals surface area contributed by atoms with Gasteiger partial charge in [-0.15, -0.1) is 0 Å². The summed E-state index contributed by atoms with van der Waals surface area (Å²) in [4.78, 5) is 10.7. The number of aliphatic hydroxyl groups excluding tert-OH is 2. The van der Waals surface area contributed by atoms with Gasteiger partial charge in [-0.3, -0.25) is 4.79 Å². The summed E-state index contributed by atoms with van der Waals surface area (Å²) in [6.07, 6.45) is -1.20. The number of allylic oxidation sites excluding steroid dienone is 1. The second-order valence-corrected chi connectivity index (χ2v) is 2.10. The van der Waals surface area contributed by atoms with E-state index in [9.17, 15) is 4.79 Å². The molecule has 1 heterocycles. The molecule has 0 saturated carbocycles. The average Bonchev–Trinajstić information content (AvgIpc) is 1.93. The standard InChI is InChI=1S/C6H8O4.Ga/c1-3-5(8)6(9)4(7)2-10-3;/h4,7-8H,2H2,1H3;/q;+3. The summed E-state index contributed by atoms with van der Waals surface area (Å²) in [7, 11) is 0. The van der Waals surface area contributed by atoms with Gasteiger partial charge in [0.2, 0.25) is 5.78 Å². The van der Waals surface area contributed by atoms with E-state index in [-0.39, 0.29) is 32.2 Å². The monoisotopic (exact) mass is 213 g/mol. The Kier molecular flexibility index (Phi) is 3.71. The zero-order chi connectivity index (χ0) is 7.72. The van der Waals surface area contributed by atoms with Crippen LogP contribution in [0.3, 0.4) is 0 Å². The summed E-state index contributed by atoms with van der Waals surface area (Å²) in [5, 5.41) is 17.7. The number of hydrogen-bond acceptors (Lipinski definition) is 4. The Hall–Kier alpha value is -0.394. The van der Waals surface area contributed by atoms with E-state index in [1.54, 1.807) is 0 Å². The minimum Gasteiger partial charge on any atom is -0.502 e. The van der Waals surface area contributed by atoms with Crippen molar-refractivity contribution in [3.63, 3.8) is 0 Å². The summed E-state index contributed by atoms with van der Waals surface area (Å²) >= 11 is 0. The van der Waals surface area contributed by atoms with Gasteiger partial charge in [0, 0.05) is 0 Å².